The fourth-order valence-corrected chi connectivity index (χ4v) is 2.45. The van der Waals surface area contributed by atoms with Gasteiger partial charge in [0.1, 0.15) is 6.61 Å². The summed E-state index contributed by atoms with van der Waals surface area (Å²) in [6, 6.07) is 4.81. The zero-order chi connectivity index (χ0) is 14.4. The van der Waals surface area contributed by atoms with E-state index in [9.17, 15) is 14.7 Å². The van der Waals surface area contributed by atoms with Crippen LogP contribution in [0.25, 0.3) is 5.69 Å². The third-order valence-corrected chi connectivity index (χ3v) is 3.49. The van der Waals surface area contributed by atoms with Gasteiger partial charge in [-0.15, -0.1) is 0 Å². The number of carbonyl (C=O) groups excluding carboxylic acids is 2. The number of H-pyrrole nitrogens is 1. The van der Waals surface area contributed by atoms with Crippen molar-refractivity contribution < 1.29 is 14.7 Å². The Morgan fingerprint density at radius 1 is 1.30 bits per heavy atom. The van der Waals surface area contributed by atoms with E-state index in [2.05, 4.69) is 10.2 Å². The lowest BCUT2D eigenvalue weighted by Crippen LogP contribution is -2.24. The smallest absolute Gasteiger partial charge is 0.261 e. The van der Waals surface area contributed by atoms with Crippen molar-refractivity contribution >= 4 is 24.0 Å². The topological polar surface area (TPSA) is 91.2 Å². The number of benzene rings is 1. The summed E-state index contributed by atoms with van der Waals surface area (Å²) < 4.78 is 1.82. The molecule has 0 aliphatic carbocycles. The van der Waals surface area contributed by atoms with Crippen molar-refractivity contribution in [1.29, 1.82) is 0 Å². The summed E-state index contributed by atoms with van der Waals surface area (Å²) in [5, 5.41) is 15.7. The van der Waals surface area contributed by atoms with Crippen LogP contribution in [0.3, 0.4) is 0 Å². The molecule has 2 N–H and O–H groups in total. The van der Waals surface area contributed by atoms with Crippen molar-refractivity contribution in [1.82, 2.24) is 19.7 Å². The molecule has 1 aromatic heterocycles. The van der Waals surface area contributed by atoms with Crippen LogP contribution in [0.4, 0.5) is 0 Å². The average Bonchev–Trinajstić information content (AvgIpc) is 2.93. The number of aromatic nitrogens is 3. The maximum absolute atomic E-state index is 12.0. The Labute approximate surface area is 118 Å². The van der Waals surface area contributed by atoms with Crippen molar-refractivity contribution in [2.24, 2.45) is 0 Å². The van der Waals surface area contributed by atoms with Gasteiger partial charge in [-0.3, -0.25) is 24.2 Å². The van der Waals surface area contributed by atoms with Gasteiger partial charge in [-0.2, -0.15) is 5.10 Å². The minimum absolute atomic E-state index is 0.295. The minimum Gasteiger partial charge on any atom is -0.388 e. The van der Waals surface area contributed by atoms with E-state index in [0.29, 0.717) is 27.4 Å². The van der Waals surface area contributed by atoms with Crippen LogP contribution in [0.15, 0.2) is 18.2 Å². The monoisotopic (exact) mass is 290 g/mol. The van der Waals surface area contributed by atoms with E-state index in [1.165, 1.54) is 11.6 Å². The second-order valence-electron chi connectivity index (χ2n) is 4.34. The predicted octanol–water partition coefficient (Wildman–Crippen LogP) is 0.648. The molecule has 0 spiro atoms. The summed E-state index contributed by atoms with van der Waals surface area (Å²) in [6.45, 7) is -0.295. The van der Waals surface area contributed by atoms with Crippen molar-refractivity contribution in [3.63, 3.8) is 0 Å². The lowest BCUT2D eigenvalue weighted by Gasteiger charge is -2.06. The van der Waals surface area contributed by atoms with E-state index in [0.717, 1.165) is 4.90 Å². The van der Waals surface area contributed by atoms with Gasteiger partial charge in [0.05, 0.1) is 16.8 Å². The molecule has 7 nitrogen and oxygen atoms in total. The van der Waals surface area contributed by atoms with Crippen LogP contribution >= 0.6 is 12.2 Å². The molecule has 0 unspecified atom stereocenters. The highest BCUT2D eigenvalue weighted by Gasteiger charge is 2.33. The average molecular weight is 290 g/mol. The quantitative estimate of drug-likeness (QED) is 0.626. The number of imide groups is 1. The van der Waals surface area contributed by atoms with Crippen LogP contribution in [0.2, 0.25) is 0 Å². The van der Waals surface area contributed by atoms with Crippen LogP contribution in [0.1, 0.15) is 26.5 Å². The number of hydrogen-bond acceptors (Lipinski definition) is 5. The molecule has 1 aliphatic heterocycles. The lowest BCUT2D eigenvalue weighted by molar-refractivity contribution is 0.0693. The molecule has 1 aliphatic rings. The summed E-state index contributed by atoms with van der Waals surface area (Å²) in [5.41, 5.74) is 1.26. The van der Waals surface area contributed by atoms with Gasteiger partial charge in [0.15, 0.2) is 10.6 Å². The van der Waals surface area contributed by atoms with Gasteiger partial charge >= 0.3 is 0 Å². The molecule has 0 saturated carbocycles. The number of rotatable bonds is 2. The standard InChI is InChI=1S/C12H10N4O3S/c1-15-10(18)7-3-2-6(4-8(7)11(15)19)16-9(5-17)13-14-12(16)20/h2-4,17H,5H2,1H3,(H,14,20). The number of aliphatic hydroxyl groups excluding tert-OH is 1. The maximum Gasteiger partial charge on any atom is 0.261 e. The predicted molar refractivity (Wildman–Crippen MR) is 71.1 cm³/mol. The maximum atomic E-state index is 12.0. The van der Waals surface area contributed by atoms with Gasteiger partial charge in [-0.05, 0) is 30.4 Å². The molecule has 2 heterocycles. The molecule has 0 atom stereocenters. The van der Waals surface area contributed by atoms with E-state index in [4.69, 9.17) is 12.2 Å². The van der Waals surface area contributed by atoms with Crippen LogP contribution < -0.4 is 0 Å². The summed E-state index contributed by atoms with van der Waals surface area (Å²) >= 11 is 5.10. The molecule has 1 aromatic carbocycles. The number of hydrogen-bond donors (Lipinski definition) is 2. The first-order valence-corrected chi connectivity index (χ1v) is 6.19. The highest BCUT2D eigenvalue weighted by atomic mass is 32.1. The highest BCUT2D eigenvalue weighted by molar-refractivity contribution is 7.71. The molecule has 3 rings (SSSR count). The summed E-state index contributed by atoms with van der Waals surface area (Å²) in [4.78, 5) is 24.8. The first kappa shape index (κ1) is 12.7. The third-order valence-electron chi connectivity index (χ3n) is 3.21. The molecule has 2 amide bonds. The zero-order valence-electron chi connectivity index (χ0n) is 10.5. The molecule has 0 saturated heterocycles. The van der Waals surface area contributed by atoms with E-state index >= 15 is 0 Å². The summed E-state index contributed by atoms with van der Waals surface area (Å²) in [6.07, 6.45) is 0. The van der Waals surface area contributed by atoms with Crippen LogP contribution in [-0.4, -0.2) is 43.6 Å². The first-order chi connectivity index (χ1) is 9.54. The van der Waals surface area contributed by atoms with Gasteiger partial charge in [-0.25, -0.2) is 0 Å². The summed E-state index contributed by atoms with van der Waals surface area (Å²) in [7, 11) is 1.44. The van der Waals surface area contributed by atoms with Crippen molar-refractivity contribution in [2.75, 3.05) is 7.05 Å². The van der Waals surface area contributed by atoms with Crippen LogP contribution in [-0.2, 0) is 6.61 Å². The van der Waals surface area contributed by atoms with Crippen LogP contribution in [0.5, 0.6) is 0 Å². The second kappa shape index (κ2) is 4.36. The Bertz CT molecular complexity index is 792. The minimum atomic E-state index is -0.354. The number of nitrogens with one attached hydrogen (secondary N) is 1. The Kier molecular flexibility index (Phi) is 2.77. The fraction of sp³-hybridized carbons (Fsp3) is 0.167. The summed E-state index contributed by atoms with van der Waals surface area (Å²) in [5.74, 6) is -0.345. The largest absolute Gasteiger partial charge is 0.388 e. The molecule has 0 radical (unpaired) electrons. The van der Waals surface area contributed by atoms with Gasteiger partial charge < -0.3 is 5.11 Å². The van der Waals surface area contributed by atoms with E-state index in [1.807, 2.05) is 0 Å². The van der Waals surface area contributed by atoms with Crippen molar-refractivity contribution in [3.05, 3.63) is 39.9 Å². The Morgan fingerprint density at radius 2 is 2.00 bits per heavy atom. The zero-order valence-corrected chi connectivity index (χ0v) is 11.3. The number of aliphatic hydroxyl groups is 1. The molecule has 102 valence electrons. The normalized spacial score (nSPS) is 14.0. The van der Waals surface area contributed by atoms with Gasteiger partial charge in [0, 0.05) is 7.05 Å². The van der Waals surface area contributed by atoms with E-state index in [1.54, 1.807) is 18.2 Å². The molecule has 0 fully saturated rings. The van der Waals surface area contributed by atoms with Crippen molar-refractivity contribution in [2.45, 2.75) is 6.61 Å². The molecule has 0 bridgehead atoms. The SMILES string of the molecule is CN1C(=O)c2ccc(-n3c(CO)n[nH]c3=S)cc2C1=O. The number of fused-ring (bicyclic) bond motifs is 1. The van der Waals surface area contributed by atoms with Crippen LogP contribution in [0, 0.1) is 4.77 Å². The third kappa shape index (κ3) is 1.62. The second-order valence-corrected chi connectivity index (χ2v) is 4.72. The van der Waals surface area contributed by atoms with E-state index in [-0.39, 0.29) is 18.4 Å². The molecular formula is C12H10N4O3S. The lowest BCUT2D eigenvalue weighted by atomic mass is 10.1. The van der Waals surface area contributed by atoms with Crippen molar-refractivity contribution in [3.8, 4) is 5.69 Å². The number of aromatic amines is 1. The molecule has 8 heteroatoms. The van der Waals surface area contributed by atoms with Gasteiger partial charge in [-0.1, -0.05) is 0 Å². The Morgan fingerprint density at radius 3 is 2.70 bits per heavy atom. The van der Waals surface area contributed by atoms with Gasteiger partial charge in [0.25, 0.3) is 11.8 Å². The van der Waals surface area contributed by atoms with Gasteiger partial charge in [0.2, 0.25) is 0 Å². The Hall–Kier alpha value is -2.32. The molecular weight excluding hydrogens is 280 g/mol. The molecule has 2 aromatic rings. The highest BCUT2D eigenvalue weighted by Crippen LogP contribution is 2.24. The fourth-order valence-electron chi connectivity index (χ4n) is 2.19. The van der Waals surface area contributed by atoms with E-state index < -0.39 is 0 Å². The first-order valence-electron chi connectivity index (χ1n) is 5.78. The molecule has 20 heavy (non-hydrogen) atoms. The Balaban J connectivity index is 2.20. The number of amides is 2. The number of nitrogens with zero attached hydrogens (tertiary/aromatic N) is 3. The number of carbonyl (C=O) groups is 2.